The molecule has 140 valence electrons. The molecule has 0 aromatic heterocycles. The van der Waals surface area contributed by atoms with E-state index in [0.717, 1.165) is 5.56 Å². The summed E-state index contributed by atoms with van der Waals surface area (Å²) in [6.07, 6.45) is 0. The fraction of sp³-hybridized carbons (Fsp3) is 0.316. The minimum absolute atomic E-state index is 0.110. The molecule has 2 aromatic rings. The topological polar surface area (TPSA) is 66.5 Å². The number of rotatable bonds is 6. The molecule has 0 unspecified atom stereocenters. The van der Waals surface area contributed by atoms with Crippen molar-refractivity contribution in [2.45, 2.75) is 32.6 Å². The second-order valence-corrected chi connectivity index (χ2v) is 8.33. The lowest BCUT2D eigenvalue weighted by molar-refractivity contribution is 0.102. The minimum Gasteiger partial charge on any atom is -0.322 e. The molecule has 0 fully saturated rings. The second kappa shape index (κ2) is 8.20. The van der Waals surface area contributed by atoms with E-state index in [1.807, 2.05) is 13.0 Å². The molecule has 0 radical (unpaired) electrons. The monoisotopic (exact) mass is 394 g/mol. The van der Waals surface area contributed by atoms with E-state index >= 15 is 0 Å². The van der Waals surface area contributed by atoms with Crippen molar-refractivity contribution in [3.8, 4) is 0 Å². The lowest BCUT2D eigenvalue weighted by atomic mass is 10.1. The van der Waals surface area contributed by atoms with E-state index in [1.54, 1.807) is 39.0 Å². The van der Waals surface area contributed by atoms with Crippen LogP contribution in [0.2, 0.25) is 5.02 Å². The van der Waals surface area contributed by atoms with E-state index in [9.17, 15) is 13.2 Å². The highest BCUT2D eigenvalue weighted by Crippen LogP contribution is 2.23. The molecule has 0 aliphatic carbocycles. The number of aryl methyl sites for hydroxylation is 2. The zero-order chi connectivity index (χ0) is 19.5. The van der Waals surface area contributed by atoms with Crippen LogP contribution in [0.1, 0.15) is 35.3 Å². The van der Waals surface area contributed by atoms with Crippen LogP contribution in [0.4, 0.5) is 5.69 Å². The van der Waals surface area contributed by atoms with E-state index in [4.69, 9.17) is 11.6 Å². The normalized spacial score (nSPS) is 11.6. The summed E-state index contributed by atoms with van der Waals surface area (Å²) in [5.74, 6) is -0.376. The summed E-state index contributed by atoms with van der Waals surface area (Å²) in [5.41, 5.74) is 2.48. The molecule has 1 N–H and O–H groups in total. The third-order valence-corrected chi connectivity index (χ3v) is 6.68. The van der Waals surface area contributed by atoms with Crippen LogP contribution in [0.5, 0.6) is 0 Å². The number of nitrogens with one attached hydrogen (secondary N) is 1. The fourth-order valence-corrected chi connectivity index (χ4v) is 4.25. The first-order valence-electron chi connectivity index (χ1n) is 8.39. The fourth-order valence-electron chi connectivity index (χ4n) is 2.59. The highest BCUT2D eigenvalue weighted by molar-refractivity contribution is 7.89. The number of halogens is 1. The van der Waals surface area contributed by atoms with Crippen LogP contribution < -0.4 is 5.32 Å². The van der Waals surface area contributed by atoms with Crippen LogP contribution in [0.3, 0.4) is 0 Å². The van der Waals surface area contributed by atoms with Gasteiger partial charge in [-0.1, -0.05) is 37.6 Å². The molecule has 1 amide bonds. The number of hydrogen-bond acceptors (Lipinski definition) is 3. The van der Waals surface area contributed by atoms with Gasteiger partial charge >= 0.3 is 0 Å². The van der Waals surface area contributed by atoms with Crippen molar-refractivity contribution in [1.82, 2.24) is 4.31 Å². The average Bonchev–Trinajstić information content (AvgIpc) is 2.59. The molecule has 0 atom stereocenters. The Morgan fingerprint density at radius 2 is 1.65 bits per heavy atom. The van der Waals surface area contributed by atoms with Gasteiger partial charge in [-0.15, -0.1) is 0 Å². The van der Waals surface area contributed by atoms with Gasteiger partial charge in [0, 0.05) is 29.4 Å². The number of hydrogen-bond donors (Lipinski definition) is 1. The molecule has 0 saturated carbocycles. The lowest BCUT2D eigenvalue weighted by Crippen LogP contribution is -2.30. The van der Waals surface area contributed by atoms with Crippen molar-refractivity contribution in [3.63, 3.8) is 0 Å². The largest absolute Gasteiger partial charge is 0.322 e. The van der Waals surface area contributed by atoms with E-state index in [1.165, 1.54) is 16.4 Å². The Morgan fingerprint density at radius 3 is 2.23 bits per heavy atom. The first-order valence-corrected chi connectivity index (χ1v) is 10.2. The van der Waals surface area contributed by atoms with Gasteiger partial charge in [-0.25, -0.2) is 8.42 Å². The Kier molecular flexibility index (Phi) is 6.44. The summed E-state index contributed by atoms with van der Waals surface area (Å²) in [5, 5.41) is 3.32. The number of carbonyl (C=O) groups is 1. The standard InChI is InChI=1S/C19H23ClN2O3S/c1-5-22(6-2)26(24,25)16-10-8-13(3)17(12-16)19(23)21-15-9-7-14(4)18(20)11-15/h7-12H,5-6H2,1-4H3,(H,21,23). The summed E-state index contributed by atoms with van der Waals surface area (Å²) in [7, 11) is -3.63. The zero-order valence-corrected chi connectivity index (χ0v) is 16.9. The first-order chi connectivity index (χ1) is 12.2. The smallest absolute Gasteiger partial charge is 0.255 e. The van der Waals surface area contributed by atoms with Gasteiger partial charge in [0.2, 0.25) is 10.0 Å². The second-order valence-electron chi connectivity index (χ2n) is 5.98. The number of sulfonamides is 1. The van der Waals surface area contributed by atoms with Gasteiger partial charge in [0.25, 0.3) is 5.91 Å². The van der Waals surface area contributed by atoms with Crippen molar-refractivity contribution < 1.29 is 13.2 Å². The number of carbonyl (C=O) groups excluding carboxylic acids is 1. The summed E-state index contributed by atoms with van der Waals surface area (Å²) >= 11 is 6.09. The van der Waals surface area contributed by atoms with E-state index in [0.29, 0.717) is 34.9 Å². The van der Waals surface area contributed by atoms with Crippen molar-refractivity contribution in [2.75, 3.05) is 18.4 Å². The molecule has 7 heteroatoms. The Bertz CT molecular complexity index is 922. The van der Waals surface area contributed by atoms with Gasteiger partial charge in [0.05, 0.1) is 4.90 Å². The predicted molar refractivity (Wildman–Crippen MR) is 105 cm³/mol. The molecule has 0 heterocycles. The summed E-state index contributed by atoms with van der Waals surface area (Å²) < 4.78 is 26.8. The van der Waals surface area contributed by atoms with Crippen molar-refractivity contribution in [3.05, 3.63) is 58.1 Å². The summed E-state index contributed by atoms with van der Waals surface area (Å²) in [6.45, 7) is 7.95. The maximum Gasteiger partial charge on any atom is 0.255 e. The Labute approximate surface area is 160 Å². The molecule has 5 nitrogen and oxygen atoms in total. The van der Waals surface area contributed by atoms with Crippen molar-refractivity contribution >= 4 is 33.2 Å². The molecular weight excluding hydrogens is 372 g/mol. The number of nitrogens with zero attached hydrogens (tertiary/aromatic N) is 1. The highest BCUT2D eigenvalue weighted by atomic mass is 35.5. The van der Waals surface area contributed by atoms with Crippen LogP contribution in [0.25, 0.3) is 0 Å². The average molecular weight is 395 g/mol. The van der Waals surface area contributed by atoms with E-state index < -0.39 is 10.0 Å². The lowest BCUT2D eigenvalue weighted by Gasteiger charge is -2.19. The molecule has 0 saturated heterocycles. The van der Waals surface area contributed by atoms with Crippen LogP contribution in [0, 0.1) is 13.8 Å². The van der Waals surface area contributed by atoms with Crippen LogP contribution in [-0.2, 0) is 10.0 Å². The van der Waals surface area contributed by atoms with Gasteiger partial charge in [-0.3, -0.25) is 4.79 Å². The summed E-state index contributed by atoms with van der Waals surface area (Å²) in [6, 6.07) is 9.83. The Hall–Kier alpha value is -1.89. The SMILES string of the molecule is CCN(CC)S(=O)(=O)c1ccc(C)c(C(=O)Nc2ccc(C)c(Cl)c2)c1. The highest BCUT2D eigenvalue weighted by Gasteiger charge is 2.23. The Morgan fingerprint density at radius 1 is 1.04 bits per heavy atom. The third-order valence-electron chi connectivity index (χ3n) is 4.23. The maximum atomic E-state index is 12.7. The predicted octanol–water partition coefficient (Wildman–Crippen LogP) is 4.24. The Balaban J connectivity index is 2.37. The number of amides is 1. The molecule has 0 aliphatic rings. The van der Waals surface area contributed by atoms with Gasteiger partial charge in [0.1, 0.15) is 0 Å². The molecule has 2 rings (SSSR count). The molecule has 0 spiro atoms. The van der Waals surface area contributed by atoms with Gasteiger partial charge in [-0.2, -0.15) is 4.31 Å². The maximum absolute atomic E-state index is 12.7. The minimum atomic E-state index is -3.63. The van der Waals surface area contributed by atoms with Crippen molar-refractivity contribution in [2.24, 2.45) is 0 Å². The molecule has 2 aromatic carbocycles. The summed E-state index contributed by atoms with van der Waals surface area (Å²) in [4.78, 5) is 12.8. The third kappa shape index (κ3) is 4.26. The van der Waals surface area contributed by atoms with Gasteiger partial charge < -0.3 is 5.32 Å². The zero-order valence-electron chi connectivity index (χ0n) is 15.3. The van der Waals surface area contributed by atoms with E-state index in [-0.39, 0.29) is 10.8 Å². The molecule has 0 bridgehead atoms. The van der Waals surface area contributed by atoms with Gasteiger partial charge in [-0.05, 0) is 49.2 Å². The quantitative estimate of drug-likeness (QED) is 0.796. The van der Waals surface area contributed by atoms with E-state index in [2.05, 4.69) is 5.32 Å². The van der Waals surface area contributed by atoms with Crippen LogP contribution >= 0.6 is 11.6 Å². The number of anilines is 1. The molecule has 26 heavy (non-hydrogen) atoms. The molecular formula is C19H23ClN2O3S. The number of benzene rings is 2. The van der Waals surface area contributed by atoms with Gasteiger partial charge in [0.15, 0.2) is 0 Å². The molecule has 0 aliphatic heterocycles. The van der Waals surface area contributed by atoms with Crippen molar-refractivity contribution in [1.29, 1.82) is 0 Å². The van der Waals surface area contributed by atoms with Crippen LogP contribution in [-0.4, -0.2) is 31.7 Å². The van der Waals surface area contributed by atoms with Crippen LogP contribution in [0.15, 0.2) is 41.3 Å². The first kappa shape index (κ1) is 20.4.